The third-order valence-corrected chi connectivity index (χ3v) is 3.81. The van der Waals surface area contributed by atoms with Crippen LogP contribution in [0, 0.1) is 17.8 Å². The molecule has 0 aromatic heterocycles. The highest BCUT2D eigenvalue weighted by Gasteiger charge is 2.38. The van der Waals surface area contributed by atoms with Crippen LogP contribution in [-0.4, -0.2) is 35.5 Å². The maximum Gasteiger partial charge on any atom is 0.307 e. The summed E-state index contributed by atoms with van der Waals surface area (Å²) in [6, 6.07) is 0. The number of aliphatic carboxylic acids is 1. The van der Waals surface area contributed by atoms with E-state index in [-0.39, 0.29) is 11.8 Å². The van der Waals surface area contributed by atoms with E-state index in [0.717, 1.165) is 25.8 Å². The molecular weight excluding hydrogens is 218 g/mol. The van der Waals surface area contributed by atoms with Gasteiger partial charge in [-0.2, -0.15) is 0 Å². The van der Waals surface area contributed by atoms with E-state index < -0.39 is 11.9 Å². The van der Waals surface area contributed by atoms with Crippen molar-refractivity contribution in [1.82, 2.24) is 4.90 Å². The Balaban J connectivity index is 2.59. The van der Waals surface area contributed by atoms with Crippen LogP contribution in [0.25, 0.3) is 0 Å². The monoisotopic (exact) mass is 241 g/mol. The van der Waals surface area contributed by atoms with Crippen LogP contribution >= 0.6 is 0 Å². The topological polar surface area (TPSA) is 57.6 Å². The molecule has 0 radical (unpaired) electrons. The first-order valence-electron chi connectivity index (χ1n) is 6.45. The Kier molecular flexibility index (Phi) is 4.97. The minimum absolute atomic E-state index is 0.00944. The lowest BCUT2D eigenvalue weighted by atomic mass is 9.94. The van der Waals surface area contributed by atoms with Crippen LogP contribution in [-0.2, 0) is 9.59 Å². The van der Waals surface area contributed by atoms with Crippen LogP contribution in [0.5, 0.6) is 0 Å². The van der Waals surface area contributed by atoms with Crippen LogP contribution in [0.15, 0.2) is 0 Å². The van der Waals surface area contributed by atoms with Crippen LogP contribution in [0.2, 0.25) is 0 Å². The predicted octanol–water partition coefficient (Wildman–Crippen LogP) is 1.99. The van der Waals surface area contributed by atoms with E-state index in [4.69, 9.17) is 5.11 Å². The van der Waals surface area contributed by atoms with Crippen molar-refractivity contribution < 1.29 is 14.7 Å². The van der Waals surface area contributed by atoms with E-state index in [9.17, 15) is 9.59 Å². The molecule has 4 heteroatoms. The van der Waals surface area contributed by atoms with Crippen molar-refractivity contribution in [1.29, 1.82) is 0 Å². The van der Waals surface area contributed by atoms with Gasteiger partial charge in [0.2, 0.25) is 5.91 Å². The van der Waals surface area contributed by atoms with Gasteiger partial charge in [-0.15, -0.1) is 0 Å². The van der Waals surface area contributed by atoms with Gasteiger partial charge in [0.25, 0.3) is 0 Å². The molecule has 0 aromatic carbocycles. The van der Waals surface area contributed by atoms with Gasteiger partial charge < -0.3 is 10.0 Å². The summed E-state index contributed by atoms with van der Waals surface area (Å²) in [7, 11) is 1.78. The number of carboxylic acid groups (broad SMARTS) is 1. The normalized spacial score (nSPS) is 25.6. The second kappa shape index (κ2) is 6.03. The molecule has 3 atom stereocenters. The molecule has 0 aromatic rings. The SMILES string of the molecule is CCC(C)CN(C)C(=O)[C@@H]1CCC[C@@H]1C(=O)O. The largest absolute Gasteiger partial charge is 0.481 e. The lowest BCUT2D eigenvalue weighted by Crippen LogP contribution is -2.38. The zero-order valence-corrected chi connectivity index (χ0v) is 11.0. The smallest absolute Gasteiger partial charge is 0.307 e. The first-order chi connectivity index (χ1) is 7.97. The van der Waals surface area contributed by atoms with Crippen molar-refractivity contribution in [3.8, 4) is 0 Å². The molecule has 1 unspecified atom stereocenters. The van der Waals surface area contributed by atoms with Crippen molar-refractivity contribution in [2.45, 2.75) is 39.5 Å². The van der Waals surface area contributed by atoms with Gasteiger partial charge in [0, 0.05) is 13.6 Å². The average Bonchev–Trinajstić information content (AvgIpc) is 2.76. The number of carbonyl (C=O) groups is 2. The van der Waals surface area contributed by atoms with E-state index >= 15 is 0 Å². The van der Waals surface area contributed by atoms with Gasteiger partial charge in [-0.25, -0.2) is 0 Å². The number of rotatable bonds is 5. The molecular formula is C13H23NO3. The number of carboxylic acids is 1. The Bertz CT molecular complexity index is 290. The van der Waals surface area contributed by atoms with Crippen molar-refractivity contribution in [3.63, 3.8) is 0 Å². The lowest BCUT2D eigenvalue weighted by Gasteiger charge is -2.25. The van der Waals surface area contributed by atoms with E-state index in [2.05, 4.69) is 13.8 Å². The first kappa shape index (κ1) is 14.0. The van der Waals surface area contributed by atoms with Crippen LogP contribution in [0.3, 0.4) is 0 Å². The van der Waals surface area contributed by atoms with E-state index in [1.54, 1.807) is 11.9 Å². The predicted molar refractivity (Wildman–Crippen MR) is 65.6 cm³/mol. The van der Waals surface area contributed by atoms with Gasteiger partial charge in [0.05, 0.1) is 11.8 Å². The summed E-state index contributed by atoms with van der Waals surface area (Å²) < 4.78 is 0. The highest BCUT2D eigenvalue weighted by molar-refractivity contribution is 5.85. The van der Waals surface area contributed by atoms with Gasteiger partial charge in [0.15, 0.2) is 0 Å². The minimum Gasteiger partial charge on any atom is -0.481 e. The standard InChI is InChI=1S/C13H23NO3/c1-4-9(2)8-14(3)12(15)10-6-5-7-11(10)13(16)17/h9-11H,4-8H2,1-3H3,(H,16,17)/t9?,10-,11+/m1/s1. The van der Waals surface area contributed by atoms with E-state index in [1.165, 1.54) is 0 Å². The molecule has 1 amide bonds. The fourth-order valence-corrected chi connectivity index (χ4v) is 2.52. The highest BCUT2D eigenvalue weighted by Crippen LogP contribution is 2.33. The lowest BCUT2D eigenvalue weighted by molar-refractivity contribution is -0.148. The summed E-state index contributed by atoms with van der Waals surface area (Å²) in [4.78, 5) is 24.9. The summed E-state index contributed by atoms with van der Waals surface area (Å²) in [6.45, 7) is 4.92. The maximum atomic E-state index is 12.2. The van der Waals surface area contributed by atoms with Gasteiger partial charge in [-0.1, -0.05) is 26.7 Å². The molecule has 1 rings (SSSR count). The quantitative estimate of drug-likeness (QED) is 0.800. The molecule has 0 bridgehead atoms. The Morgan fingerprint density at radius 2 is 1.94 bits per heavy atom. The average molecular weight is 241 g/mol. The summed E-state index contributed by atoms with van der Waals surface area (Å²) in [5, 5.41) is 9.07. The van der Waals surface area contributed by atoms with Gasteiger partial charge >= 0.3 is 5.97 Å². The molecule has 1 fully saturated rings. The summed E-state index contributed by atoms with van der Waals surface area (Å²) in [5.41, 5.74) is 0. The molecule has 0 spiro atoms. The molecule has 1 aliphatic rings. The van der Waals surface area contributed by atoms with Crippen LogP contribution in [0.1, 0.15) is 39.5 Å². The highest BCUT2D eigenvalue weighted by atomic mass is 16.4. The van der Waals surface area contributed by atoms with Crippen molar-refractivity contribution in [2.75, 3.05) is 13.6 Å². The summed E-state index contributed by atoms with van der Waals surface area (Å²) in [6.07, 6.45) is 3.25. The number of amides is 1. The Morgan fingerprint density at radius 3 is 2.47 bits per heavy atom. The number of hydrogen-bond acceptors (Lipinski definition) is 2. The fraction of sp³-hybridized carbons (Fsp3) is 0.846. The second-order valence-electron chi connectivity index (χ2n) is 5.21. The van der Waals surface area contributed by atoms with Crippen LogP contribution in [0.4, 0.5) is 0 Å². The second-order valence-corrected chi connectivity index (χ2v) is 5.21. The number of carbonyl (C=O) groups excluding carboxylic acids is 1. The molecule has 17 heavy (non-hydrogen) atoms. The zero-order valence-electron chi connectivity index (χ0n) is 11.0. The molecule has 1 saturated carbocycles. The Hall–Kier alpha value is -1.06. The summed E-state index contributed by atoms with van der Waals surface area (Å²) >= 11 is 0. The number of nitrogens with zero attached hydrogens (tertiary/aromatic N) is 1. The molecule has 1 aliphatic carbocycles. The van der Waals surface area contributed by atoms with E-state index in [0.29, 0.717) is 12.3 Å². The molecule has 1 N–H and O–H groups in total. The van der Waals surface area contributed by atoms with Crippen molar-refractivity contribution in [3.05, 3.63) is 0 Å². The molecule has 0 heterocycles. The molecule has 0 aliphatic heterocycles. The van der Waals surface area contributed by atoms with Crippen molar-refractivity contribution >= 4 is 11.9 Å². The van der Waals surface area contributed by atoms with Gasteiger partial charge in [-0.05, 0) is 18.8 Å². The number of hydrogen-bond donors (Lipinski definition) is 1. The third kappa shape index (κ3) is 3.45. The maximum absolute atomic E-state index is 12.2. The van der Waals surface area contributed by atoms with Crippen molar-refractivity contribution in [2.24, 2.45) is 17.8 Å². The Morgan fingerprint density at radius 1 is 1.35 bits per heavy atom. The molecule has 4 nitrogen and oxygen atoms in total. The van der Waals surface area contributed by atoms with Gasteiger partial charge in [0.1, 0.15) is 0 Å². The van der Waals surface area contributed by atoms with Crippen LogP contribution < -0.4 is 0 Å². The Labute approximate surface area is 103 Å². The zero-order chi connectivity index (χ0) is 13.0. The summed E-state index contributed by atoms with van der Waals surface area (Å²) in [5.74, 6) is -1.12. The minimum atomic E-state index is -0.821. The van der Waals surface area contributed by atoms with Gasteiger partial charge in [-0.3, -0.25) is 9.59 Å². The first-order valence-corrected chi connectivity index (χ1v) is 6.45. The fourth-order valence-electron chi connectivity index (χ4n) is 2.52. The molecule has 98 valence electrons. The molecule has 0 saturated heterocycles. The van der Waals surface area contributed by atoms with E-state index in [1.807, 2.05) is 0 Å². The third-order valence-electron chi connectivity index (χ3n) is 3.81.